The van der Waals surface area contributed by atoms with Gasteiger partial charge < -0.3 is 5.32 Å². The van der Waals surface area contributed by atoms with Crippen molar-refractivity contribution in [1.29, 1.82) is 0 Å². The lowest BCUT2D eigenvalue weighted by atomic mass is 10.0. The van der Waals surface area contributed by atoms with Gasteiger partial charge in [0, 0.05) is 16.1 Å². The molecule has 2 nitrogen and oxygen atoms in total. The number of rotatable bonds is 5. The third-order valence-corrected chi connectivity index (χ3v) is 4.57. The Morgan fingerprint density at radius 1 is 0.920 bits per heavy atom. The zero-order chi connectivity index (χ0) is 17.6. The van der Waals surface area contributed by atoms with Crippen molar-refractivity contribution in [3.63, 3.8) is 0 Å². The molecule has 3 aromatic carbocycles. The van der Waals surface area contributed by atoms with Crippen LogP contribution in [0.3, 0.4) is 0 Å². The lowest BCUT2D eigenvalue weighted by Crippen LogP contribution is -2.14. The molecule has 0 aliphatic rings. The van der Waals surface area contributed by atoms with Crippen molar-refractivity contribution >= 4 is 23.4 Å². The molecule has 0 radical (unpaired) electrons. The number of halogens is 2. The van der Waals surface area contributed by atoms with Gasteiger partial charge in [0.25, 0.3) is 0 Å². The second-order valence-electron chi connectivity index (χ2n) is 5.32. The van der Waals surface area contributed by atoms with Gasteiger partial charge in [-0.1, -0.05) is 48.5 Å². The summed E-state index contributed by atoms with van der Waals surface area (Å²) in [6.45, 7) is 0. The first-order chi connectivity index (χ1) is 12.1. The normalized spacial score (nSPS) is 10.5. The minimum atomic E-state index is -0.538. The van der Waals surface area contributed by atoms with Crippen LogP contribution in [-0.4, -0.2) is 11.7 Å². The Kier molecular flexibility index (Phi) is 5.46. The number of hydrogen-bond donors (Lipinski definition) is 1. The number of carbonyl (C=O) groups excluding carboxylic acids is 1. The average Bonchev–Trinajstić information content (AvgIpc) is 2.64. The van der Waals surface area contributed by atoms with E-state index in [0.717, 1.165) is 41.1 Å². The molecular formula is C20H15F2NOS. The molecule has 25 heavy (non-hydrogen) atoms. The molecule has 0 aliphatic heterocycles. The lowest BCUT2D eigenvalue weighted by molar-refractivity contribution is -0.113. The highest BCUT2D eigenvalue weighted by Gasteiger charge is 2.11. The van der Waals surface area contributed by atoms with E-state index in [4.69, 9.17) is 0 Å². The molecule has 0 saturated heterocycles. The van der Waals surface area contributed by atoms with Crippen molar-refractivity contribution in [2.45, 2.75) is 4.90 Å². The average molecular weight is 355 g/mol. The maximum absolute atomic E-state index is 13.6. The number of amides is 1. The van der Waals surface area contributed by atoms with Gasteiger partial charge in [-0.15, -0.1) is 11.8 Å². The van der Waals surface area contributed by atoms with Crippen molar-refractivity contribution in [2.75, 3.05) is 11.1 Å². The zero-order valence-electron chi connectivity index (χ0n) is 13.2. The minimum absolute atomic E-state index is 0.0104. The molecule has 1 amide bonds. The highest BCUT2D eigenvalue weighted by atomic mass is 32.2. The van der Waals surface area contributed by atoms with Crippen LogP contribution in [0, 0.1) is 11.6 Å². The van der Waals surface area contributed by atoms with Crippen LogP contribution in [0.2, 0.25) is 0 Å². The van der Waals surface area contributed by atoms with Crippen LogP contribution in [0.1, 0.15) is 0 Å². The molecule has 3 rings (SSSR count). The maximum atomic E-state index is 13.6. The van der Waals surface area contributed by atoms with Gasteiger partial charge >= 0.3 is 0 Å². The molecule has 0 bridgehead atoms. The molecule has 0 saturated carbocycles. The first-order valence-corrected chi connectivity index (χ1v) is 8.64. The quantitative estimate of drug-likeness (QED) is 0.624. The van der Waals surface area contributed by atoms with Crippen molar-refractivity contribution in [1.82, 2.24) is 0 Å². The van der Waals surface area contributed by atoms with Crippen LogP contribution in [-0.2, 0) is 4.79 Å². The molecule has 0 spiro atoms. The van der Waals surface area contributed by atoms with Gasteiger partial charge in [-0.05, 0) is 29.8 Å². The molecule has 0 atom stereocenters. The predicted molar refractivity (Wildman–Crippen MR) is 97.6 cm³/mol. The topological polar surface area (TPSA) is 29.1 Å². The van der Waals surface area contributed by atoms with Crippen molar-refractivity contribution in [3.05, 3.63) is 84.4 Å². The van der Waals surface area contributed by atoms with Crippen molar-refractivity contribution in [2.24, 2.45) is 0 Å². The number of carbonyl (C=O) groups is 1. The van der Waals surface area contributed by atoms with Gasteiger partial charge in [0.2, 0.25) is 5.91 Å². The van der Waals surface area contributed by atoms with Gasteiger partial charge in [0.15, 0.2) is 0 Å². The Hall–Kier alpha value is -2.66. The Labute approximate surface area is 148 Å². The number of benzene rings is 3. The van der Waals surface area contributed by atoms with Gasteiger partial charge in [-0.3, -0.25) is 4.79 Å². The molecule has 3 aromatic rings. The zero-order valence-corrected chi connectivity index (χ0v) is 14.0. The molecule has 126 valence electrons. The largest absolute Gasteiger partial charge is 0.325 e. The van der Waals surface area contributed by atoms with E-state index in [0.29, 0.717) is 5.69 Å². The van der Waals surface area contributed by atoms with Gasteiger partial charge in [-0.25, -0.2) is 8.78 Å². The minimum Gasteiger partial charge on any atom is -0.325 e. The SMILES string of the molecule is O=C(CSc1cc(F)ccc1F)Nc1ccccc1-c1ccccc1. The summed E-state index contributed by atoms with van der Waals surface area (Å²) in [5.74, 6) is -1.36. The molecule has 0 unspecified atom stereocenters. The fourth-order valence-electron chi connectivity index (χ4n) is 2.38. The van der Waals surface area contributed by atoms with Crippen LogP contribution in [0.25, 0.3) is 11.1 Å². The first-order valence-electron chi connectivity index (χ1n) is 7.65. The van der Waals surface area contributed by atoms with Crippen LogP contribution >= 0.6 is 11.8 Å². The monoisotopic (exact) mass is 355 g/mol. The number of nitrogens with one attached hydrogen (secondary N) is 1. The third kappa shape index (κ3) is 4.45. The van der Waals surface area contributed by atoms with Crippen molar-refractivity contribution in [3.8, 4) is 11.1 Å². The van der Waals surface area contributed by atoms with E-state index in [2.05, 4.69) is 5.32 Å². The lowest BCUT2D eigenvalue weighted by Gasteiger charge is -2.11. The predicted octanol–water partition coefficient (Wildman–Crippen LogP) is 5.36. The summed E-state index contributed by atoms with van der Waals surface area (Å²) in [5, 5.41) is 2.84. The summed E-state index contributed by atoms with van der Waals surface area (Å²) in [6, 6.07) is 20.4. The Morgan fingerprint density at radius 2 is 1.64 bits per heavy atom. The Balaban J connectivity index is 1.71. The highest BCUT2D eigenvalue weighted by molar-refractivity contribution is 8.00. The summed E-state index contributed by atoms with van der Waals surface area (Å²) in [6.07, 6.45) is 0. The summed E-state index contributed by atoms with van der Waals surface area (Å²) in [7, 11) is 0. The number of anilines is 1. The van der Waals surface area contributed by atoms with Gasteiger partial charge in [-0.2, -0.15) is 0 Å². The molecule has 0 fully saturated rings. The fourth-order valence-corrected chi connectivity index (χ4v) is 3.14. The fraction of sp³-hybridized carbons (Fsp3) is 0.0500. The summed E-state index contributed by atoms with van der Waals surface area (Å²) in [4.78, 5) is 12.3. The first kappa shape index (κ1) is 17.2. The Bertz CT molecular complexity index is 884. The second kappa shape index (κ2) is 7.94. The molecule has 0 aromatic heterocycles. The number of hydrogen-bond acceptors (Lipinski definition) is 2. The Morgan fingerprint density at radius 3 is 2.44 bits per heavy atom. The van der Waals surface area contributed by atoms with E-state index in [1.807, 2.05) is 54.6 Å². The molecule has 1 N–H and O–H groups in total. The second-order valence-corrected chi connectivity index (χ2v) is 6.34. The van der Waals surface area contributed by atoms with Crippen LogP contribution < -0.4 is 5.32 Å². The van der Waals surface area contributed by atoms with Crippen LogP contribution in [0.4, 0.5) is 14.5 Å². The van der Waals surface area contributed by atoms with E-state index in [9.17, 15) is 13.6 Å². The maximum Gasteiger partial charge on any atom is 0.234 e. The van der Waals surface area contributed by atoms with E-state index in [-0.39, 0.29) is 16.6 Å². The summed E-state index contributed by atoms with van der Waals surface area (Å²) < 4.78 is 26.8. The van der Waals surface area contributed by atoms with E-state index in [1.165, 1.54) is 0 Å². The van der Waals surface area contributed by atoms with Crippen LogP contribution in [0.5, 0.6) is 0 Å². The molecule has 0 aliphatic carbocycles. The summed E-state index contributed by atoms with van der Waals surface area (Å²) >= 11 is 0.963. The number of para-hydroxylation sites is 1. The van der Waals surface area contributed by atoms with E-state index in [1.54, 1.807) is 0 Å². The van der Waals surface area contributed by atoms with Gasteiger partial charge in [0.05, 0.1) is 5.75 Å². The van der Waals surface area contributed by atoms with E-state index >= 15 is 0 Å². The standard InChI is InChI=1S/C20H15F2NOS/c21-15-10-11-17(22)19(12-15)25-13-20(24)23-18-9-5-4-8-16(18)14-6-2-1-3-7-14/h1-12H,13H2,(H,23,24). The van der Waals surface area contributed by atoms with Crippen LogP contribution in [0.15, 0.2) is 77.7 Å². The third-order valence-electron chi connectivity index (χ3n) is 3.54. The highest BCUT2D eigenvalue weighted by Crippen LogP contribution is 2.28. The molecular weight excluding hydrogens is 340 g/mol. The van der Waals surface area contributed by atoms with E-state index < -0.39 is 11.6 Å². The smallest absolute Gasteiger partial charge is 0.234 e. The van der Waals surface area contributed by atoms with Gasteiger partial charge in [0.1, 0.15) is 11.6 Å². The molecule has 0 heterocycles. The summed E-state index contributed by atoms with van der Waals surface area (Å²) in [5.41, 5.74) is 2.57. The molecule has 5 heteroatoms. The number of thioether (sulfide) groups is 1. The van der Waals surface area contributed by atoms with Crippen molar-refractivity contribution < 1.29 is 13.6 Å².